The van der Waals surface area contributed by atoms with Crippen molar-refractivity contribution < 1.29 is 4.79 Å². The lowest BCUT2D eigenvalue weighted by Gasteiger charge is -2.38. The van der Waals surface area contributed by atoms with Crippen LogP contribution in [0.3, 0.4) is 0 Å². The second-order valence-corrected chi connectivity index (χ2v) is 5.97. The van der Waals surface area contributed by atoms with Crippen LogP contribution >= 0.6 is 11.6 Å². The van der Waals surface area contributed by atoms with E-state index in [9.17, 15) is 4.79 Å². The van der Waals surface area contributed by atoms with E-state index >= 15 is 0 Å². The first-order valence-corrected chi connectivity index (χ1v) is 7.80. The highest BCUT2D eigenvalue weighted by atomic mass is 35.5. The van der Waals surface area contributed by atoms with Gasteiger partial charge in [-0.25, -0.2) is 4.98 Å². The summed E-state index contributed by atoms with van der Waals surface area (Å²) in [6.07, 6.45) is 1.00. The van der Waals surface area contributed by atoms with Crippen LogP contribution in [0, 0.1) is 0 Å². The van der Waals surface area contributed by atoms with Gasteiger partial charge in [0.25, 0.3) is 5.91 Å². The molecule has 6 heteroatoms. The number of carbonyl (C=O) groups excluding carboxylic acids is 1. The Balaban J connectivity index is 2.17. The number of pyridine rings is 1. The fourth-order valence-corrected chi connectivity index (χ4v) is 2.71. The Morgan fingerprint density at radius 2 is 2.24 bits per heavy atom. The number of hydrogen-bond acceptors (Lipinski definition) is 4. The first-order valence-electron chi connectivity index (χ1n) is 7.42. The van der Waals surface area contributed by atoms with Gasteiger partial charge in [-0.15, -0.1) is 0 Å². The van der Waals surface area contributed by atoms with Crippen LogP contribution in [0.5, 0.6) is 0 Å². The van der Waals surface area contributed by atoms with Gasteiger partial charge in [-0.2, -0.15) is 0 Å². The minimum absolute atomic E-state index is 0.0826. The number of rotatable bonds is 4. The molecule has 2 rings (SSSR count). The lowest BCUT2D eigenvalue weighted by molar-refractivity contribution is 0.0528. The van der Waals surface area contributed by atoms with Crippen LogP contribution in [-0.4, -0.2) is 60.0 Å². The topological polar surface area (TPSA) is 48.5 Å². The van der Waals surface area contributed by atoms with Crippen molar-refractivity contribution in [3.8, 4) is 0 Å². The average Bonchev–Trinajstić information content (AvgIpc) is 2.46. The van der Waals surface area contributed by atoms with Gasteiger partial charge in [-0.05, 0) is 32.5 Å². The summed E-state index contributed by atoms with van der Waals surface area (Å²) < 4.78 is 0. The molecule has 0 aliphatic carbocycles. The molecule has 1 aromatic rings. The Labute approximate surface area is 131 Å². The zero-order valence-corrected chi connectivity index (χ0v) is 13.7. The van der Waals surface area contributed by atoms with Crippen molar-refractivity contribution in [1.29, 1.82) is 0 Å². The molecular weight excluding hydrogens is 288 g/mol. The van der Waals surface area contributed by atoms with Gasteiger partial charge in [-0.1, -0.05) is 18.5 Å². The monoisotopic (exact) mass is 310 g/mol. The van der Waals surface area contributed by atoms with Crippen LogP contribution in [0.15, 0.2) is 12.1 Å². The molecule has 21 heavy (non-hydrogen) atoms. The SMILES string of the molecule is CCCNc1ccc(Cl)c(C(=O)N2CCN(C)CC2C)n1. The van der Waals surface area contributed by atoms with E-state index < -0.39 is 0 Å². The van der Waals surface area contributed by atoms with E-state index in [1.807, 2.05) is 11.0 Å². The highest BCUT2D eigenvalue weighted by Crippen LogP contribution is 2.20. The first kappa shape index (κ1) is 16.0. The lowest BCUT2D eigenvalue weighted by atomic mass is 10.1. The highest BCUT2D eigenvalue weighted by Gasteiger charge is 2.28. The summed E-state index contributed by atoms with van der Waals surface area (Å²) >= 11 is 6.17. The van der Waals surface area contributed by atoms with Crippen molar-refractivity contribution in [2.24, 2.45) is 0 Å². The fourth-order valence-electron chi connectivity index (χ4n) is 2.52. The van der Waals surface area contributed by atoms with Gasteiger partial charge in [0.05, 0.1) is 5.02 Å². The summed E-state index contributed by atoms with van der Waals surface area (Å²) in [5, 5.41) is 3.60. The molecule has 1 fully saturated rings. The fraction of sp³-hybridized carbons (Fsp3) is 0.600. The van der Waals surface area contributed by atoms with Crippen LogP contribution in [-0.2, 0) is 0 Å². The molecule has 0 spiro atoms. The molecule has 1 atom stereocenters. The second-order valence-electron chi connectivity index (χ2n) is 5.56. The van der Waals surface area contributed by atoms with Crippen LogP contribution in [0.4, 0.5) is 5.82 Å². The van der Waals surface area contributed by atoms with Gasteiger partial charge in [0.2, 0.25) is 0 Å². The number of anilines is 1. The molecule has 2 heterocycles. The number of aromatic nitrogens is 1. The minimum atomic E-state index is -0.0826. The van der Waals surface area contributed by atoms with Crippen molar-refractivity contribution in [3.63, 3.8) is 0 Å². The number of likely N-dealkylation sites (N-methyl/N-ethyl adjacent to an activating group) is 1. The summed E-state index contributed by atoms with van der Waals surface area (Å²) in [6.45, 7) is 7.43. The molecule has 5 nitrogen and oxygen atoms in total. The van der Waals surface area contributed by atoms with E-state index in [0.29, 0.717) is 23.1 Å². The predicted molar refractivity (Wildman–Crippen MR) is 86.0 cm³/mol. The second kappa shape index (κ2) is 7.09. The van der Waals surface area contributed by atoms with Crippen LogP contribution in [0.25, 0.3) is 0 Å². The zero-order chi connectivity index (χ0) is 15.4. The number of amides is 1. The molecule has 0 bridgehead atoms. The Bertz CT molecular complexity index is 508. The summed E-state index contributed by atoms with van der Waals surface area (Å²) in [4.78, 5) is 21.2. The number of hydrogen-bond donors (Lipinski definition) is 1. The molecular formula is C15H23ClN4O. The molecule has 0 radical (unpaired) electrons. The maximum absolute atomic E-state index is 12.7. The first-order chi connectivity index (χ1) is 10.0. The van der Waals surface area contributed by atoms with E-state index in [2.05, 4.69) is 36.1 Å². The van der Waals surface area contributed by atoms with Gasteiger partial charge in [0.15, 0.2) is 0 Å². The predicted octanol–water partition coefficient (Wildman–Crippen LogP) is 2.33. The van der Waals surface area contributed by atoms with Crippen molar-refractivity contribution in [1.82, 2.24) is 14.8 Å². The molecule has 1 N–H and O–H groups in total. The average molecular weight is 311 g/mol. The van der Waals surface area contributed by atoms with Gasteiger partial charge >= 0.3 is 0 Å². The normalized spacial score (nSPS) is 19.6. The quantitative estimate of drug-likeness (QED) is 0.927. The van der Waals surface area contributed by atoms with Gasteiger partial charge in [0, 0.05) is 32.2 Å². The Morgan fingerprint density at radius 1 is 1.48 bits per heavy atom. The molecule has 1 unspecified atom stereocenters. The number of halogens is 1. The molecule has 116 valence electrons. The minimum Gasteiger partial charge on any atom is -0.370 e. The Kier molecular flexibility index (Phi) is 5.42. The van der Waals surface area contributed by atoms with E-state index in [-0.39, 0.29) is 11.9 Å². The number of nitrogens with one attached hydrogen (secondary N) is 1. The third-order valence-corrected chi connectivity index (χ3v) is 4.00. The van der Waals surface area contributed by atoms with E-state index in [4.69, 9.17) is 11.6 Å². The maximum Gasteiger partial charge on any atom is 0.274 e. The third-order valence-electron chi connectivity index (χ3n) is 3.70. The number of carbonyl (C=O) groups is 1. The van der Waals surface area contributed by atoms with Crippen LogP contribution in [0.1, 0.15) is 30.8 Å². The van der Waals surface area contributed by atoms with Crippen molar-refractivity contribution in [2.75, 3.05) is 38.5 Å². The maximum atomic E-state index is 12.7. The zero-order valence-electron chi connectivity index (χ0n) is 12.9. The third kappa shape index (κ3) is 3.86. The van der Waals surface area contributed by atoms with Crippen LogP contribution in [0.2, 0.25) is 5.02 Å². The van der Waals surface area contributed by atoms with Crippen LogP contribution < -0.4 is 5.32 Å². The summed E-state index contributed by atoms with van der Waals surface area (Å²) in [5.41, 5.74) is 0.342. The summed E-state index contributed by atoms with van der Waals surface area (Å²) in [7, 11) is 2.07. The molecule has 1 aromatic heterocycles. The molecule has 1 amide bonds. The van der Waals surface area contributed by atoms with Gasteiger partial charge in [-0.3, -0.25) is 4.79 Å². The van der Waals surface area contributed by atoms with Crippen molar-refractivity contribution >= 4 is 23.3 Å². The lowest BCUT2D eigenvalue weighted by Crippen LogP contribution is -2.52. The van der Waals surface area contributed by atoms with E-state index in [0.717, 1.165) is 26.1 Å². The highest BCUT2D eigenvalue weighted by molar-refractivity contribution is 6.33. The molecule has 0 aromatic carbocycles. The molecule has 1 aliphatic heterocycles. The molecule has 1 aliphatic rings. The number of nitrogens with zero attached hydrogens (tertiary/aromatic N) is 3. The summed E-state index contributed by atoms with van der Waals surface area (Å²) in [5.74, 6) is 0.618. The van der Waals surface area contributed by atoms with Gasteiger partial charge < -0.3 is 15.1 Å². The van der Waals surface area contributed by atoms with Crippen molar-refractivity contribution in [2.45, 2.75) is 26.3 Å². The standard InChI is InChI=1S/C15H23ClN4O/c1-4-7-17-13-6-5-12(16)14(18-13)15(21)20-9-8-19(3)10-11(20)2/h5-6,11H,4,7-10H2,1-3H3,(H,17,18). The molecule has 0 saturated carbocycles. The number of piperazine rings is 1. The van der Waals surface area contributed by atoms with Crippen molar-refractivity contribution in [3.05, 3.63) is 22.8 Å². The van der Waals surface area contributed by atoms with E-state index in [1.54, 1.807) is 6.07 Å². The Morgan fingerprint density at radius 3 is 2.90 bits per heavy atom. The summed E-state index contributed by atoms with van der Waals surface area (Å²) in [6, 6.07) is 3.71. The Hall–Kier alpha value is -1.33. The van der Waals surface area contributed by atoms with Gasteiger partial charge in [0.1, 0.15) is 11.5 Å². The largest absolute Gasteiger partial charge is 0.370 e. The molecule has 1 saturated heterocycles. The van der Waals surface area contributed by atoms with E-state index in [1.165, 1.54) is 0 Å². The smallest absolute Gasteiger partial charge is 0.274 e.